The summed E-state index contributed by atoms with van der Waals surface area (Å²) in [6.07, 6.45) is 7.47. The van der Waals surface area contributed by atoms with E-state index in [4.69, 9.17) is 16.3 Å². The number of rotatable bonds is 7. The number of allylic oxidation sites excluding steroid dienone is 2. The molecule has 1 heterocycles. The highest BCUT2D eigenvalue weighted by molar-refractivity contribution is 6.30. The number of carbonyl (C=O) groups is 2. The van der Waals surface area contributed by atoms with Gasteiger partial charge >= 0.3 is 6.03 Å². The molecule has 3 amide bonds. The van der Waals surface area contributed by atoms with E-state index in [2.05, 4.69) is 10.4 Å². The minimum atomic E-state index is -0.386. The Morgan fingerprint density at radius 2 is 1.97 bits per heavy atom. The Balaban J connectivity index is 1.90. The molecule has 3 rings (SSSR count). The quantitative estimate of drug-likeness (QED) is 0.383. The van der Waals surface area contributed by atoms with E-state index >= 15 is 0 Å². The van der Waals surface area contributed by atoms with Crippen molar-refractivity contribution in [2.75, 3.05) is 38.0 Å². The van der Waals surface area contributed by atoms with Crippen LogP contribution in [-0.4, -0.2) is 56.3 Å². The third-order valence-corrected chi connectivity index (χ3v) is 4.79. The molecule has 0 aromatic heterocycles. The molecule has 166 valence electrons. The Morgan fingerprint density at radius 1 is 1.22 bits per heavy atom. The van der Waals surface area contributed by atoms with Gasteiger partial charge in [-0.25, -0.2) is 4.79 Å². The number of nitrogens with one attached hydrogen (secondary N) is 1. The summed E-state index contributed by atoms with van der Waals surface area (Å²) in [5.74, 6) is 0.539. The number of hydrazone groups is 1. The molecule has 0 fully saturated rings. The molecular formula is C23H24ClN5O3. The number of ether oxygens (including phenoxy) is 1. The van der Waals surface area contributed by atoms with E-state index < -0.39 is 0 Å². The monoisotopic (exact) mass is 453 g/mol. The first-order valence-electron chi connectivity index (χ1n) is 9.75. The molecule has 1 aliphatic rings. The highest BCUT2D eigenvalue weighted by Gasteiger charge is 2.19. The maximum absolute atomic E-state index is 12.8. The van der Waals surface area contributed by atoms with Crippen LogP contribution in [0.25, 0.3) is 0 Å². The Kier molecular flexibility index (Phi) is 7.51. The molecule has 32 heavy (non-hydrogen) atoms. The van der Waals surface area contributed by atoms with Crippen molar-refractivity contribution in [2.45, 2.75) is 0 Å². The van der Waals surface area contributed by atoms with Crippen LogP contribution in [0.1, 0.15) is 5.56 Å². The van der Waals surface area contributed by atoms with Crippen LogP contribution in [0, 0.1) is 0 Å². The van der Waals surface area contributed by atoms with E-state index in [1.807, 2.05) is 26.2 Å². The average molecular weight is 454 g/mol. The van der Waals surface area contributed by atoms with Gasteiger partial charge in [0.05, 0.1) is 31.2 Å². The van der Waals surface area contributed by atoms with Gasteiger partial charge in [-0.15, -0.1) is 0 Å². The van der Waals surface area contributed by atoms with E-state index in [1.54, 1.807) is 59.9 Å². The summed E-state index contributed by atoms with van der Waals surface area (Å²) < 4.78 is 5.30. The maximum atomic E-state index is 12.8. The zero-order chi connectivity index (χ0) is 23.1. The predicted molar refractivity (Wildman–Crippen MR) is 128 cm³/mol. The van der Waals surface area contributed by atoms with E-state index in [9.17, 15) is 9.59 Å². The molecule has 0 radical (unpaired) electrons. The zero-order valence-corrected chi connectivity index (χ0v) is 18.8. The van der Waals surface area contributed by atoms with Gasteiger partial charge < -0.3 is 15.1 Å². The first-order chi connectivity index (χ1) is 15.4. The molecule has 0 aliphatic carbocycles. The molecule has 2 aromatic carbocycles. The van der Waals surface area contributed by atoms with Crippen molar-refractivity contribution in [1.82, 2.24) is 9.91 Å². The predicted octanol–water partition coefficient (Wildman–Crippen LogP) is 4.37. The summed E-state index contributed by atoms with van der Waals surface area (Å²) in [7, 11) is 5.20. The highest BCUT2D eigenvalue weighted by atomic mass is 35.5. The normalized spacial score (nSPS) is 13.0. The lowest BCUT2D eigenvalue weighted by molar-refractivity contribution is -0.106. The van der Waals surface area contributed by atoms with Crippen LogP contribution in [0.15, 0.2) is 71.0 Å². The lowest BCUT2D eigenvalue weighted by Gasteiger charge is -2.25. The minimum Gasteiger partial charge on any atom is -0.497 e. The van der Waals surface area contributed by atoms with Crippen LogP contribution in [0.4, 0.5) is 21.9 Å². The maximum Gasteiger partial charge on any atom is 0.326 e. The zero-order valence-electron chi connectivity index (χ0n) is 18.0. The van der Waals surface area contributed by atoms with Crippen LogP contribution in [-0.2, 0) is 4.79 Å². The van der Waals surface area contributed by atoms with Gasteiger partial charge in [0.1, 0.15) is 5.75 Å². The molecule has 0 spiro atoms. The summed E-state index contributed by atoms with van der Waals surface area (Å²) in [6.45, 7) is 0.260. The van der Waals surface area contributed by atoms with Gasteiger partial charge in [0.2, 0.25) is 6.41 Å². The van der Waals surface area contributed by atoms with Gasteiger partial charge in [0, 0.05) is 37.1 Å². The molecule has 0 saturated heterocycles. The van der Waals surface area contributed by atoms with Crippen molar-refractivity contribution < 1.29 is 14.3 Å². The number of hydrogen-bond donors (Lipinski definition) is 1. The second-order valence-corrected chi connectivity index (χ2v) is 7.54. The summed E-state index contributed by atoms with van der Waals surface area (Å²) in [4.78, 5) is 27.7. The minimum absolute atomic E-state index is 0.260. The molecule has 0 bridgehead atoms. The number of carbonyl (C=O) groups excluding carboxylic acids is 2. The average Bonchev–Trinajstić information content (AvgIpc) is 2.79. The fraction of sp³-hybridized carbons (Fsp3) is 0.174. The fourth-order valence-electron chi connectivity index (χ4n) is 2.96. The van der Waals surface area contributed by atoms with Crippen molar-refractivity contribution in [2.24, 2.45) is 5.10 Å². The van der Waals surface area contributed by atoms with Crippen molar-refractivity contribution in [3.05, 3.63) is 71.4 Å². The number of benzene rings is 2. The number of amides is 3. The van der Waals surface area contributed by atoms with Crippen LogP contribution >= 0.6 is 11.6 Å². The fourth-order valence-corrected chi connectivity index (χ4v) is 3.16. The standard InChI is InChI=1S/C23H24ClN5O3/c1-27(2)25-14-17-6-8-19(9-7-17)29(16-30)22-11-10-20(32-3)13-21(22)26-23(31)28-12-4-5-18(24)15-28/h4-14,16H,15H2,1-3H3,(H,26,31). The summed E-state index contributed by atoms with van der Waals surface area (Å²) in [5, 5.41) is 9.29. The van der Waals surface area contributed by atoms with Gasteiger partial charge in [-0.1, -0.05) is 23.7 Å². The topological polar surface area (TPSA) is 77.5 Å². The Hall–Kier alpha value is -3.78. The molecule has 1 aliphatic heterocycles. The van der Waals surface area contributed by atoms with Gasteiger partial charge in [-0.3, -0.25) is 14.6 Å². The number of hydrogen-bond acceptors (Lipinski definition) is 5. The van der Waals surface area contributed by atoms with Crippen LogP contribution in [0.2, 0.25) is 0 Å². The number of urea groups is 1. The third-order valence-electron chi connectivity index (χ3n) is 4.54. The van der Waals surface area contributed by atoms with E-state index in [0.29, 0.717) is 34.3 Å². The Labute approximate surface area is 192 Å². The molecule has 0 atom stereocenters. The molecule has 0 unspecified atom stereocenters. The van der Waals surface area contributed by atoms with Crippen molar-refractivity contribution in [3.8, 4) is 5.75 Å². The van der Waals surface area contributed by atoms with Crippen LogP contribution in [0.3, 0.4) is 0 Å². The number of nitrogens with zero attached hydrogens (tertiary/aromatic N) is 4. The molecular weight excluding hydrogens is 430 g/mol. The molecule has 2 aromatic rings. The number of halogens is 1. The van der Waals surface area contributed by atoms with Gasteiger partial charge in [-0.2, -0.15) is 5.10 Å². The van der Waals surface area contributed by atoms with Crippen molar-refractivity contribution in [1.29, 1.82) is 0 Å². The second kappa shape index (κ2) is 10.5. The third kappa shape index (κ3) is 5.67. The summed E-state index contributed by atoms with van der Waals surface area (Å²) in [5.41, 5.74) is 2.43. The van der Waals surface area contributed by atoms with E-state index in [-0.39, 0.29) is 12.6 Å². The van der Waals surface area contributed by atoms with Crippen molar-refractivity contribution in [3.63, 3.8) is 0 Å². The van der Waals surface area contributed by atoms with Gasteiger partial charge in [0.25, 0.3) is 0 Å². The largest absolute Gasteiger partial charge is 0.497 e. The summed E-state index contributed by atoms with van der Waals surface area (Å²) in [6, 6.07) is 12.0. The number of methoxy groups -OCH3 is 1. The molecule has 0 saturated carbocycles. The molecule has 8 nitrogen and oxygen atoms in total. The highest BCUT2D eigenvalue weighted by Crippen LogP contribution is 2.34. The Morgan fingerprint density at radius 3 is 2.59 bits per heavy atom. The molecule has 1 N–H and O–H groups in total. The smallest absolute Gasteiger partial charge is 0.326 e. The number of anilines is 3. The second-order valence-electron chi connectivity index (χ2n) is 7.05. The van der Waals surface area contributed by atoms with Gasteiger partial charge in [-0.05, 0) is 42.0 Å². The SMILES string of the molecule is COc1ccc(N(C=O)c2ccc(C=NN(C)C)cc2)c(NC(=O)N2C=CC=C(Cl)C2)c1. The summed E-state index contributed by atoms with van der Waals surface area (Å²) >= 11 is 6.04. The van der Waals surface area contributed by atoms with Crippen molar-refractivity contribution >= 4 is 47.3 Å². The molecule has 9 heteroatoms. The van der Waals surface area contributed by atoms with Crippen LogP contribution < -0.4 is 15.0 Å². The first-order valence-corrected chi connectivity index (χ1v) is 10.1. The lowest BCUT2D eigenvalue weighted by Crippen LogP contribution is -2.33. The van der Waals surface area contributed by atoms with E-state index in [1.165, 1.54) is 16.9 Å². The van der Waals surface area contributed by atoms with Crippen LogP contribution in [0.5, 0.6) is 5.75 Å². The first kappa shape index (κ1) is 22.9. The van der Waals surface area contributed by atoms with E-state index in [0.717, 1.165) is 5.56 Å². The Bertz CT molecular complexity index is 1060. The lowest BCUT2D eigenvalue weighted by atomic mass is 10.1. The van der Waals surface area contributed by atoms with Gasteiger partial charge in [0.15, 0.2) is 0 Å².